The highest BCUT2D eigenvalue weighted by molar-refractivity contribution is 5.67. The van der Waals surface area contributed by atoms with Gasteiger partial charge in [0.15, 0.2) is 0 Å². The number of hydrogen-bond acceptors (Lipinski definition) is 4. The first kappa shape index (κ1) is 15.3. The third kappa shape index (κ3) is 4.20. The van der Waals surface area contributed by atoms with E-state index >= 15 is 0 Å². The predicted molar refractivity (Wildman–Crippen MR) is 84.8 cm³/mol. The number of nitrogens with zero attached hydrogens (tertiary/aromatic N) is 1. The predicted octanol–water partition coefficient (Wildman–Crippen LogP) is 3.27. The Morgan fingerprint density at radius 3 is 2.29 bits per heavy atom. The first-order valence-electron chi connectivity index (χ1n) is 7.15. The second-order valence-electron chi connectivity index (χ2n) is 4.86. The molecule has 2 rings (SSSR count). The maximum absolute atomic E-state index is 5.32. The maximum atomic E-state index is 5.32. The number of ether oxygens (including phenoxy) is 2. The second-order valence-corrected chi connectivity index (χ2v) is 4.86. The van der Waals surface area contributed by atoms with Crippen LogP contribution in [0.25, 0.3) is 11.1 Å². The molecule has 0 amide bonds. The molecule has 0 aliphatic rings. The van der Waals surface area contributed by atoms with Crippen molar-refractivity contribution in [1.82, 2.24) is 10.3 Å². The zero-order valence-corrected chi connectivity index (χ0v) is 12.8. The van der Waals surface area contributed by atoms with Crippen LogP contribution >= 0.6 is 0 Å². The summed E-state index contributed by atoms with van der Waals surface area (Å²) in [7, 11) is 3.31. The molecule has 21 heavy (non-hydrogen) atoms. The van der Waals surface area contributed by atoms with Crippen molar-refractivity contribution in [3.8, 4) is 22.6 Å². The molecule has 112 valence electrons. The molecule has 1 aromatic carbocycles. The van der Waals surface area contributed by atoms with E-state index in [1.165, 1.54) is 5.56 Å². The lowest BCUT2D eigenvalue weighted by Crippen LogP contribution is -2.13. The van der Waals surface area contributed by atoms with Crippen LogP contribution in [0.2, 0.25) is 0 Å². The number of rotatable bonds is 7. The Bertz CT molecular complexity index is 563. The van der Waals surface area contributed by atoms with Gasteiger partial charge in [0.25, 0.3) is 0 Å². The molecule has 0 saturated carbocycles. The summed E-state index contributed by atoms with van der Waals surface area (Å²) in [6.45, 7) is 4.00. The number of methoxy groups -OCH3 is 2. The largest absolute Gasteiger partial charge is 0.497 e. The van der Waals surface area contributed by atoms with Gasteiger partial charge in [-0.2, -0.15) is 0 Å². The Kier molecular flexibility index (Phi) is 5.58. The van der Waals surface area contributed by atoms with Crippen molar-refractivity contribution in [2.24, 2.45) is 0 Å². The van der Waals surface area contributed by atoms with Gasteiger partial charge in [0.2, 0.25) is 0 Å². The molecule has 4 heteroatoms. The SMILES string of the molecule is CCCNCc1cncc(-c2cc(OC)cc(OC)c2)c1. The molecule has 2 aromatic rings. The molecule has 0 aliphatic carbocycles. The van der Waals surface area contributed by atoms with E-state index in [2.05, 4.69) is 23.3 Å². The summed E-state index contributed by atoms with van der Waals surface area (Å²) in [4.78, 5) is 4.33. The van der Waals surface area contributed by atoms with Crippen molar-refractivity contribution in [3.05, 3.63) is 42.2 Å². The van der Waals surface area contributed by atoms with Gasteiger partial charge >= 0.3 is 0 Å². The molecule has 0 atom stereocenters. The lowest BCUT2D eigenvalue weighted by atomic mass is 10.1. The van der Waals surface area contributed by atoms with E-state index < -0.39 is 0 Å². The normalized spacial score (nSPS) is 10.4. The van der Waals surface area contributed by atoms with E-state index in [0.29, 0.717) is 0 Å². The van der Waals surface area contributed by atoms with Crippen molar-refractivity contribution in [3.63, 3.8) is 0 Å². The average molecular weight is 286 g/mol. The quantitative estimate of drug-likeness (QED) is 0.793. The number of pyridine rings is 1. The van der Waals surface area contributed by atoms with Crippen LogP contribution in [0, 0.1) is 0 Å². The number of aromatic nitrogens is 1. The first-order valence-corrected chi connectivity index (χ1v) is 7.15. The summed E-state index contributed by atoms with van der Waals surface area (Å²) in [6.07, 6.45) is 4.88. The molecule has 4 nitrogen and oxygen atoms in total. The molecule has 0 bridgehead atoms. The molecule has 0 saturated heterocycles. The minimum absolute atomic E-state index is 0.777. The van der Waals surface area contributed by atoms with Gasteiger partial charge in [0, 0.05) is 30.6 Å². The van der Waals surface area contributed by atoms with Crippen LogP contribution in [-0.4, -0.2) is 25.7 Å². The summed E-state index contributed by atoms with van der Waals surface area (Å²) in [5.74, 6) is 1.55. The van der Waals surface area contributed by atoms with Crippen LogP contribution in [-0.2, 0) is 6.54 Å². The highest BCUT2D eigenvalue weighted by Crippen LogP contribution is 2.29. The minimum atomic E-state index is 0.777. The Morgan fingerprint density at radius 1 is 0.952 bits per heavy atom. The van der Waals surface area contributed by atoms with E-state index in [1.807, 2.05) is 30.6 Å². The zero-order valence-electron chi connectivity index (χ0n) is 12.8. The van der Waals surface area contributed by atoms with Crippen LogP contribution in [0.5, 0.6) is 11.5 Å². The average Bonchev–Trinajstić information content (AvgIpc) is 2.55. The molecular weight excluding hydrogens is 264 g/mol. The summed E-state index contributed by atoms with van der Waals surface area (Å²) in [5.41, 5.74) is 3.27. The van der Waals surface area contributed by atoms with Crippen molar-refractivity contribution in [1.29, 1.82) is 0 Å². The van der Waals surface area contributed by atoms with Crippen LogP contribution in [0.15, 0.2) is 36.7 Å². The van der Waals surface area contributed by atoms with Gasteiger partial charge in [0.1, 0.15) is 11.5 Å². The fraction of sp³-hybridized carbons (Fsp3) is 0.353. The fourth-order valence-corrected chi connectivity index (χ4v) is 2.13. The Morgan fingerprint density at radius 2 is 1.67 bits per heavy atom. The van der Waals surface area contributed by atoms with Crippen LogP contribution in [0.4, 0.5) is 0 Å². The lowest BCUT2D eigenvalue weighted by Gasteiger charge is -2.10. The van der Waals surface area contributed by atoms with Gasteiger partial charge in [-0.05, 0) is 42.3 Å². The molecule has 0 spiro atoms. The second kappa shape index (κ2) is 7.64. The molecular formula is C17H22N2O2. The van der Waals surface area contributed by atoms with E-state index in [0.717, 1.165) is 42.1 Å². The highest BCUT2D eigenvalue weighted by Gasteiger charge is 2.05. The smallest absolute Gasteiger partial charge is 0.123 e. The van der Waals surface area contributed by atoms with Crippen molar-refractivity contribution >= 4 is 0 Å². The number of hydrogen-bond donors (Lipinski definition) is 1. The van der Waals surface area contributed by atoms with Gasteiger partial charge in [-0.15, -0.1) is 0 Å². The minimum Gasteiger partial charge on any atom is -0.497 e. The van der Waals surface area contributed by atoms with Gasteiger partial charge < -0.3 is 14.8 Å². The molecule has 0 unspecified atom stereocenters. The van der Waals surface area contributed by atoms with Crippen LogP contribution in [0.1, 0.15) is 18.9 Å². The van der Waals surface area contributed by atoms with E-state index in [4.69, 9.17) is 9.47 Å². The van der Waals surface area contributed by atoms with E-state index in [-0.39, 0.29) is 0 Å². The van der Waals surface area contributed by atoms with Gasteiger partial charge in [-0.1, -0.05) is 6.92 Å². The maximum Gasteiger partial charge on any atom is 0.123 e. The summed E-state index contributed by atoms with van der Waals surface area (Å²) < 4.78 is 10.6. The summed E-state index contributed by atoms with van der Waals surface area (Å²) >= 11 is 0. The van der Waals surface area contributed by atoms with Crippen LogP contribution in [0.3, 0.4) is 0 Å². The third-order valence-corrected chi connectivity index (χ3v) is 3.24. The summed E-state index contributed by atoms with van der Waals surface area (Å²) in [5, 5.41) is 3.39. The third-order valence-electron chi connectivity index (χ3n) is 3.24. The number of nitrogens with one attached hydrogen (secondary N) is 1. The fourth-order valence-electron chi connectivity index (χ4n) is 2.13. The van der Waals surface area contributed by atoms with E-state index in [9.17, 15) is 0 Å². The highest BCUT2D eigenvalue weighted by atomic mass is 16.5. The molecule has 0 aliphatic heterocycles. The van der Waals surface area contributed by atoms with Crippen molar-refractivity contribution in [2.45, 2.75) is 19.9 Å². The monoisotopic (exact) mass is 286 g/mol. The van der Waals surface area contributed by atoms with Crippen LogP contribution < -0.4 is 14.8 Å². The lowest BCUT2D eigenvalue weighted by molar-refractivity contribution is 0.394. The van der Waals surface area contributed by atoms with Gasteiger partial charge in [-0.25, -0.2) is 0 Å². The molecule has 0 fully saturated rings. The topological polar surface area (TPSA) is 43.4 Å². The van der Waals surface area contributed by atoms with Gasteiger partial charge in [-0.3, -0.25) is 4.98 Å². The van der Waals surface area contributed by atoms with E-state index in [1.54, 1.807) is 14.2 Å². The van der Waals surface area contributed by atoms with Gasteiger partial charge in [0.05, 0.1) is 14.2 Å². The Hall–Kier alpha value is -2.07. The first-order chi connectivity index (χ1) is 10.3. The molecule has 1 N–H and O–H groups in total. The van der Waals surface area contributed by atoms with Crippen molar-refractivity contribution < 1.29 is 9.47 Å². The Labute approximate surface area is 126 Å². The summed E-state index contributed by atoms with van der Waals surface area (Å²) in [6, 6.07) is 7.99. The van der Waals surface area contributed by atoms with Crippen molar-refractivity contribution in [2.75, 3.05) is 20.8 Å². The molecule has 1 heterocycles. The standard InChI is InChI=1S/C17H22N2O2/c1-4-5-18-10-13-6-15(12-19-11-13)14-7-16(20-2)9-17(8-14)21-3/h6-9,11-12,18H,4-5,10H2,1-3H3. The zero-order chi connectivity index (χ0) is 15.1. The molecule has 0 radical (unpaired) electrons. The Balaban J connectivity index is 2.26. The molecule has 1 aromatic heterocycles. The number of benzene rings is 1.